The molecule has 6 heteroatoms. The monoisotopic (exact) mass is 376 g/mol. The molecular formula is C20H20ClFNO3+. The minimum Gasteiger partial charge on any atom is -0.493 e. The Labute approximate surface area is 156 Å². The van der Waals surface area contributed by atoms with Gasteiger partial charge in [-0.05, 0) is 42.5 Å². The van der Waals surface area contributed by atoms with E-state index < -0.39 is 0 Å². The summed E-state index contributed by atoms with van der Waals surface area (Å²) in [6, 6.07) is 13.9. The van der Waals surface area contributed by atoms with Gasteiger partial charge in [-0.2, -0.15) is 0 Å². The highest BCUT2D eigenvalue weighted by Gasteiger charge is 2.09. The third-order valence-electron chi connectivity index (χ3n) is 3.93. The average molecular weight is 377 g/mol. The number of furan rings is 1. The standard InChI is InChI=1S/C20H19ClFNO3/c1-24-20-9-14(11-23-12-17-3-2-8-25-17)4-7-19(20)26-13-15-5-6-16(22)10-18(15)21/h2-10,23H,11-13H2,1H3/p+1. The Bertz CT molecular complexity index is 852. The molecule has 0 aliphatic rings. The van der Waals surface area contributed by atoms with E-state index in [0.717, 1.165) is 24.4 Å². The van der Waals surface area contributed by atoms with Crippen molar-refractivity contribution in [2.75, 3.05) is 7.11 Å². The normalized spacial score (nSPS) is 10.7. The second-order valence-corrected chi connectivity index (χ2v) is 6.19. The first-order chi connectivity index (χ1) is 12.7. The molecule has 0 fully saturated rings. The molecule has 0 spiro atoms. The number of halogens is 2. The molecule has 2 N–H and O–H groups in total. The molecule has 0 unspecified atom stereocenters. The van der Waals surface area contributed by atoms with Crippen molar-refractivity contribution in [1.29, 1.82) is 0 Å². The topological polar surface area (TPSA) is 48.2 Å². The summed E-state index contributed by atoms with van der Waals surface area (Å²) >= 11 is 6.03. The van der Waals surface area contributed by atoms with Crippen molar-refractivity contribution in [2.45, 2.75) is 19.7 Å². The van der Waals surface area contributed by atoms with Gasteiger partial charge in [-0.25, -0.2) is 4.39 Å². The molecule has 26 heavy (non-hydrogen) atoms. The second kappa shape index (κ2) is 8.74. The van der Waals surface area contributed by atoms with Gasteiger partial charge < -0.3 is 19.2 Å². The largest absolute Gasteiger partial charge is 0.493 e. The Balaban J connectivity index is 1.60. The maximum atomic E-state index is 13.1. The van der Waals surface area contributed by atoms with Gasteiger partial charge in [0.25, 0.3) is 0 Å². The van der Waals surface area contributed by atoms with E-state index in [1.54, 1.807) is 19.4 Å². The molecule has 0 atom stereocenters. The van der Waals surface area contributed by atoms with E-state index in [1.807, 2.05) is 30.3 Å². The lowest BCUT2D eigenvalue weighted by Gasteiger charge is -2.12. The summed E-state index contributed by atoms with van der Waals surface area (Å²) in [5.74, 6) is 1.83. The minimum atomic E-state index is -0.369. The Morgan fingerprint density at radius 1 is 1.08 bits per heavy atom. The van der Waals surface area contributed by atoms with Crippen LogP contribution >= 0.6 is 11.6 Å². The summed E-state index contributed by atoms with van der Waals surface area (Å²) < 4.78 is 29.6. The average Bonchev–Trinajstić information content (AvgIpc) is 3.15. The first-order valence-corrected chi connectivity index (χ1v) is 8.61. The quantitative estimate of drug-likeness (QED) is 0.648. The number of benzene rings is 2. The van der Waals surface area contributed by atoms with Crippen LogP contribution in [0.5, 0.6) is 11.5 Å². The lowest BCUT2D eigenvalue weighted by atomic mass is 10.2. The number of rotatable bonds is 8. The molecule has 4 nitrogen and oxygen atoms in total. The van der Waals surface area contributed by atoms with Crippen LogP contribution in [0.2, 0.25) is 5.02 Å². The van der Waals surface area contributed by atoms with E-state index in [0.29, 0.717) is 22.1 Å². The lowest BCUT2D eigenvalue weighted by molar-refractivity contribution is -0.688. The van der Waals surface area contributed by atoms with Gasteiger partial charge in [0.2, 0.25) is 0 Å². The van der Waals surface area contributed by atoms with Crippen LogP contribution in [0.1, 0.15) is 16.9 Å². The molecule has 136 valence electrons. The minimum absolute atomic E-state index is 0.236. The van der Waals surface area contributed by atoms with E-state index in [9.17, 15) is 4.39 Å². The second-order valence-electron chi connectivity index (χ2n) is 5.79. The van der Waals surface area contributed by atoms with E-state index in [4.69, 9.17) is 25.5 Å². The molecular weight excluding hydrogens is 357 g/mol. The fraction of sp³-hybridized carbons (Fsp3) is 0.200. The maximum absolute atomic E-state index is 13.1. The van der Waals surface area contributed by atoms with Gasteiger partial charge in [-0.1, -0.05) is 17.7 Å². The molecule has 3 rings (SSSR count). The zero-order valence-electron chi connectivity index (χ0n) is 14.4. The number of hydrogen-bond acceptors (Lipinski definition) is 3. The van der Waals surface area contributed by atoms with Crippen LogP contribution in [0.15, 0.2) is 59.2 Å². The molecule has 0 radical (unpaired) electrons. The number of methoxy groups -OCH3 is 1. The van der Waals surface area contributed by atoms with E-state index in [-0.39, 0.29) is 12.4 Å². The summed E-state index contributed by atoms with van der Waals surface area (Å²) in [6.07, 6.45) is 1.67. The van der Waals surface area contributed by atoms with Crippen molar-refractivity contribution in [2.24, 2.45) is 0 Å². The molecule has 0 aliphatic heterocycles. The smallest absolute Gasteiger partial charge is 0.161 e. The summed E-state index contributed by atoms with van der Waals surface area (Å²) in [5, 5.41) is 2.49. The fourth-order valence-electron chi connectivity index (χ4n) is 2.56. The molecule has 1 heterocycles. The van der Waals surface area contributed by atoms with Gasteiger partial charge in [0.15, 0.2) is 17.3 Å². The van der Waals surface area contributed by atoms with Crippen molar-refractivity contribution in [3.8, 4) is 11.5 Å². The van der Waals surface area contributed by atoms with Gasteiger partial charge in [0.05, 0.1) is 18.4 Å². The third-order valence-corrected chi connectivity index (χ3v) is 4.28. The summed E-state index contributed by atoms with van der Waals surface area (Å²) in [4.78, 5) is 0. The van der Waals surface area contributed by atoms with Gasteiger partial charge in [0.1, 0.15) is 25.5 Å². The van der Waals surface area contributed by atoms with Crippen LogP contribution in [0.25, 0.3) is 0 Å². The first kappa shape index (κ1) is 18.3. The first-order valence-electron chi connectivity index (χ1n) is 8.23. The van der Waals surface area contributed by atoms with Crippen molar-refractivity contribution in [1.82, 2.24) is 0 Å². The SMILES string of the molecule is COc1cc(C[NH2+]Cc2ccco2)ccc1OCc1ccc(F)cc1Cl. The lowest BCUT2D eigenvalue weighted by Crippen LogP contribution is -2.80. The van der Waals surface area contributed by atoms with E-state index in [1.165, 1.54) is 12.1 Å². The van der Waals surface area contributed by atoms with E-state index >= 15 is 0 Å². The fourth-order valence-corrected chi connectivity index (χ4v) is 2.78. The molecule has 1 aromatic heterocycles. The van der Waals surface area contributed by atoms with Crippen LogP contribution in [-0.2, 0) is 19.7 Å². The highest BCUT2D eigenvalue weighted by atomic mass is 35.5. The summed E-state index contributed by atoms with van der Waals surface area (Å²) in [7, 11) is 1.60. The number of quaternary nitrogens is 1. The summed E-state index contributed by atoms with van der Waals surface area (Å²) in [5.41, 5.74) is 1.83. The molecule has 0 amide bonds. The van der Waals surface area contributed by atoms with Crippen LogP contribution in [0.4, 0.5) is 4.39 Å². The van der Waals surface area contributed by atoms with Gasteiger partial charge in [-0.15, -0.1) is 0 Å². The van der Waals surface area contributed by atoms with Gasteiger partial charge in [-0.3, -0.25) is 0 Å². The Morgan fingerprint density at radius 3 is 2.69 bits per heavy atom. The Hall–Kier alpha value is -2.50. The Kier molecular flexibility index (Phi) is 6.15. The third kappa shape index (κ3) is 4.77. The molecule has 0 saturated heterocycles. The predicted molar refractivity (Wildman–Crippen MR) is 96.8 cm³/mol. The molecule has 0 saturated carbocycles. The maximum Gasteiger partial charge on any atom is 0.161 e. The molecule has 0 bridgehead atoms. The van der Waals surface area contributed by atoms with Crippen molar-refractivity contribution in [3.05, 3.63) is 82.5 Å². The van der Waals surface area contributed by atoms with Crippen LogP contribution in [-0.4, -0.2) is 7.11 Å². The van der Waals surface area contributed by atoms with Gasteiger partial charge in [0, 0.05) is 11.1 Å². The summed E-state index contributed by atoms with van der Waals surface area (Å²) in [6.45, 7) is 1.80. The molecule has 0 aliphatic carbocycles. The highest BCUT2D eigenvalue weighted by molar-refractivity contribution is 6.31. The number of nitrogens with two attached hydrogens (primary N) is 1. The zero-order chi connectivity index (χ0) is 18.4. The molecule has 3 aromatic rings. The van der Waals surface area contributed by atoms with Crippen LogP contribution in [0.3, 0.4) is 0 Å². The molecule has 2 aromatic carbocycles. The van der Waals surface area contributed by atoms with Crippen LogP contribution in [0, 0.1) is 5.82 Å². The number of hydrogen-bond donors (Lipinski definition) is 1. The predicted octanol–water partition coefficient (Wildman–Crippen LogP) is 3.92. The van der Waals surface area contributed by atoms with Crippen molar-refractivity contribution in [3.63, 3.8) is 0 Å². The van der Waals surface area contributed by atoms with Crippen molar-refractivity contribution < 1.29 is 23.6 Å². The van der Waals surface area contributed by atoms with Gasteiger partial charge >= 0.3 is 0 Å². The Morgan fingerprint density at radius 2 is 1.96 bits per heavy atom. The van der Waals surface area contributed by atoms with E-state index in [2.05, 4.69) is 5.32 Å². The van der Waals surface area contributed by atoms with Crippen molar-refractivity contribution >= 4 is 11.6 Å². The zero-order valence-corrected chi connectivity index (χ0v) is 15.1. The number of ether oxygens (including phenoxy) is 2. The van der Waals surface area contributed by atoms with Crippen LogP contribution < -0.4 is 14.8 Å². The highest BCUT2D eigenvalue weighted by Crippen LogP contribution is 2.29.